The maximum atomic E-state index is 10.7. The summed E-state index contributed by atoms with van der Waals surface area (Å²) in [5, 5.41) is 19.6. The van der Waals surface area contributed by atoms with Gasteiger partial charge in [0.25, 0.3) is 5.69 Å². The van der Waals surface area contributed by atoms with Crippen LogP contribution in [-0.2, 0) is 0 Å². The number of nitrogens with zero attached hydrogens (tertiary/aromatic N) is 2. The number of ether oxygens (including phenoxy) is 1. The van der Waals surface area contributed by atoms with Crippen LogP contribution >= 0.6 is 0 Å². The molecular formula is C14H10N2O3. The minimum absolute atomic E-state index is 0.0189. The number of aryl methyl sites for hydroxylation is 1. The summed E-state index contributed by atoms with van der Waals surface area (Å²) in [7, 11) is 0. The Labute approximate surface area is 109 Å². The van der Waals surface area contributed by atoms with Crippen molar-refractivity contribution in [2.75, 3.05) is 0 Å². The standard InChI is InChI=1S/C14H10N2O3/c1-10-2-4-12(5-3-10)19-13-6-7-14(16(17)18)11(8-13)9-15/h2-8H,1H3. The molecule has 5 heteroatoms. The van der Waals surface area contributed by atoms with Gasteiger partial charge in [0.15, 0.2) is 0 Å². The fraction of sp³-hybridized carbons (Fsp3) is 0.0714. The van der Waals surface area contributed by atoms with Crippen LogP contribution in [0.4, 0.5) is 5.69 Å². The van der Waals surface area contributed by atoms with E-state index in [2.05, 4.69) is 0 Å². The van der Waals surface area contributed by atoms with Gasteiger partial charge in [0.1, 0.15) is 23.1 Å². The lowest BCUT2D eigenvalue weighted by Gasteiger charge is -2.06. The van der Waals surface area contributed by atoms with Gasteiger partial charge in [-0.05, 0) is 25.1 Å². The molecule has 0 aliphatic carbocycles. The minimum Gasteiger partial charge on any atom is -0.457 e. The van der Waals surface area contributed by atoms with Gasteiger partial charge in [-0.1, -0.05) is 17.7 Å². The molecule has 0 amide bonds. The van der Waals surface area contributed by atoms with E-state index < -0.39 is 4.92 Å². The maximum absolute atomic E-state index is 10.7. The molecule has 0 aliphatic rings. The van der Waals surface area contributed by atoms with Crippen LogP contribution in [0, 0.1) is 28.4 Å². The zero-order valence-corrected chi connectivity index (χ0v) is 10.2. The van der Waals surface area contributed by atoms with Gasteiger partial charge in [-0.15, -0.1) is 0 Å². The number of nitro benzene ring substituents is 1. The predicted octanol–water partition coefficient (Wildman–Crippen LogP) is 3.57. The summed E-state index contributed by atoms with van der Waals surface area (Å²) in [5.41, 5.74) is 0.863. The Bertz CT molecular complexity index is 657. The quantitative estimate of drug-likeness (QED) is 0.619. The number of hydrogen-bond donors (Lipinski definition) is 0. The normalized spacial score (nSPS) is 9.68. The fourth-order valence-electron chi connectivity index (χ4n) is 1.57. The highest BCUT2D eigenvalue weighted by atomic mass is 16.6. The smallest absolute Gasteiger partial charge is 0.287 e. The molecule has 2 aromatic carbocycles. The van der Waals surface area contributed by atoms with Gasteiger partial charge in [0.2, 0.25) is 0 Å². The van der Waals surface area contributed by atoms with Gasteiger partial charge in [-0.3, -0.25) is 10.1 Å². The number of nitro groups is 1. The third-order valence-electron chi connectivity index (χ3n) is 2.54. The second kappa shape index (κ2) is 5.19. The summed E-state index contributed by atoms with van der Waals surface area (Å²) in [5.74, 6) is 1.01. The first-order chi connectivity index (χ1) is 9.10. The van der Waals surface area contributed by atoms with Crippen LogP contribution in [0.25, 0.3) is 0 Å². The van der Waals surface area contributed by atoms with Gasteiger partial charge in [-0.2, -0.15) is 5.26 Å². The molecule has 0 bridgehead atoms. The topological polar surface area (TPSA) is 76.2 Å². The summed E-state index contributed by atoms with van der Waals surface area (Å²) < 4.78 is 5.54. The molecule has 0 saturated heterocycles. The molecule has 2 rings (SSSR count). The van der Waals surface area contributed by atoms with Gasteiger partial charge in [0, 0.05) is 12.1 Å². The Balaban J connectivity index is 2.29. The van der Waals surface area contributed by atoms with Crippen LogP contribution in [-0.4, -0.2) is 4.92 Å². The first-order valence-corrected chi connectivity index (χ1v) is 5.53. The van der Waals surface area contributed by atoms with E-state index in [1.54, 1.807) is 18.2 Å². The summed E-state index contributed by atoms with van der Waals surface area (Å²) >= 11 is 0. The second-order valence-corrected chi connectivity index (χ2v) is 3.96. The molecule has 0 unspecified atom stereocenters. The van der Waals surface area contributed by atoms with Crippen LogP contribution in [0.1, 0.15) is 11.1 Å². The predicted molar refractivity (Wildman–Crippen MR) is 69.1 cm³/mol. The zero-order valence-electron chi connectivity index (χ0n) is 10.2. The molecule has 0 N–H and O–H groups in total. The fourth-order valence-corrected chi connectivity index (χ4v) is 1.57. The van der Waals surface area contributed by atoms with E-state index in [-0.39, 0.29) is 11.3 Å². The van der Waals surface area contributed by atoms with Crippen molar-refractivity contribution in [1.82, 2.24) is 0 Å². The highest BCUT2D eigenvalue weighted by molar-refractivity contribution is 5.52. The Hall–Kier alpha value is -2.87. The first-order valence-electron chi connectivity index (χ1n) is 5.53. The van der Waals surface area contributed by atoms with E-state index in [1.807, 2.05) is 19.1 Å². The van der Waals surface area contributed by atoms with Crippen LogP contribution < -0.4 is 4.74 Å². The summed E-state index contributed by atoms with van der Waals surface area (Å²) in [4.78, 5) is 10.1. The van der Waals surface area contributed by atoms with Crippen molar-refractivity contribution in [3.63, 3.8) is 0 Å². The summed E-state index contributed by atoms with van der Waals surface area (Å²) in [6, 6.07) is 13.3. The van der Waals surface area contributed by atoms with E-state index in [1.165, 1.54) is 18.2 Å². The van der Waals surface area contributed by atoms with E-state index in [9.17, 15) is 10.1 Å². The first kappa shape index (κ1) is 12.6. The van der Waals surface area contributed by atoms with Crippen LogP contribution in [0.15, 0.2) is 42.5 Å². The van der Waals surface area contributed by atoms with Crippen LogP contribution in [0.5, 0.6) is 11.5 Å². The molecule has 19 heavy (non-hydrogen) atoms. The molecule has 0 heterocycles. The minimum atomic E-state index is -0.589. The van der Waals surface area contributed by atoms with Gasteiger partial charge >= 0.3 is 0 Å². The van der Waals surface area contributed by atoms with Gasteiger partial charge < -0.3 is 4.74 Å². The highest BCUT2D eigenvalue weighted by Gasteiger charge is 2.14. The molecule has 94 valence electrons. The molecule has 0 aromatic heterocycles. The number of nitriles is 1. The van der Waals surface area contributed by atoms with E-state index in [0.29, 0.717) is 11.5 Å². The number of benzene rings is 2. The molecule has 2 aromatic rings. The largest absolute Gasteiger partial charge is 0.457 e. The monoisotopic (exact) mass is 254 g/mol. The molecule has 0 aliphatic heterocycles. The van der Waals surface area contributed by atoms with Crippen LogP contribution in [0.3, 0.4) is 0 Å². The second-order valence-electron chi connectivity index (χ2n) is 3.96. The Morgan fingerprint density at radius 3 is 2.37 bits per heavy atom. The van der Waals surface area contributed by atoms with E-state index in [4.69, 9.17) is 10.00 Å². The van der Waals surface area contributed by atoms with Crippen molar-refractivity contribution in [3.05, 3.63) is 63.7 Å². The van der Waals surface area contributed by atoms with Crippen molar-refractivity contribution < 1.29 is 9.66 Å². The summed E-state index contributed by atoms with van der Waals surface area (Å²) in [6.07, 6.45) is 0. The van der Waals surface area contributed by atoms with Gasteiger partial charge in [0.05, 0.1) is 4.92 Å². The Morgan fingerprint density at radius 1 is 1.16 bits per heavy atom. The summed E-state index contributed by atoms with van der Waals surface area (Å²) in [6.45, 7) is 1.96. The lowest BCUT2D eigenvalue weighted by atomic mass is 10.2. The van der Waals surface area contributed by atoms with Crippen molar-refractivity contribution in [2.24, 2.45) is 0 Å². The SMILES string of the molecule is Cc1ccc(Oc2ccc([N+](=O)[O-])c(C#N)c2)cc1. The van der Waals surface area contributed by atoms with Crippen molar-refractivity contribution in [1.29, 1.82) is 5.26 Å². The van der Waals surface area contributed by atoms with Gasteiger partial charge in [-0.25, -0.2) is 0 Å². The zero-order chi connectivity index (χ0) is 13.8. The Morgan fingerprint density at radius 2 is 1.79 bits per heavy atom. The average Bonchev–Trinajstić information content (AvgIpc) is 2.41. The lowest BCUT2D eigenvalue weighted by Crippen LogP contribution is -1.93. The van der Waals surface area contributed by atoms with E-state index in [0.717, 1.165) is 5.56 Å². The molecule has 0 atom stereocenters. The van der Waals surface area contributed by atoms with Crippen molar-refractivity contribution >= 4 is 5.69 Å². The Kier molecular flexibility index (Phi) is 3.44. The average molecular weight is 254 g/mol. The number of hydrogen-bond acceptors (Lipinski definition) is 4. The molecular weight excluding hydrogens is 244 g/mol. The van der Waals surface area contributed by atoms with Crippen molar-refractivity contribution in [2.45, 2.75) is 6.92 Å². The number of rotatable bonds is 3. The highest BCUT2D eigenvalue weighted by Crippen LogP contribution is 2.27. The van der Waals surface area contributed by atoms with Crippen LogP contribution in [0.2, 0.25) is 0 Å². The lowest BCUT2D eigenvalue weighted by molar-refractivity contribution is -0.385. The van der Waals surface area contributed by atoms with Crippen molar-refractivity contribution in [3.8, 4) is 17.6 Å². The third-order valence-corrected chi connectivity index (χ3v) is 2.54. The third kappa shape index (κ3) is 2.87. The molecule has 0 radical (unpaired) electrons. The molecule has 0 spiro atoms. The van der Waals surface area contributed by atoms with E-state index >= 15 is 0 Å². The maximum Gasteiger partial charge on any atom is 0.287 e. The molecule has 0 fully saturated rings. The molecule has 5 nitrogen and oxygen atoms in total. The molecule has 0 saturated carbocycles.